The normalized spacial score (nSPS) is 17.5. The fraction of sp³-hybridized carbons (Fsp3) is 0.769. The molecule has 0 bridgehead atoms. The molecule has 0 aromatic carbocycles. The second-order valence-corrected chi connectivity index (χ2v) is 6.37. The van der Waals surface area contributed by atoms with E-state index in [1.54, 1.807) is 0 Å². The molecule has 17 heavy (non-hydrogen) atoms. The van der Waals surface area contributed by atoms with E-state index in [4.69, 9.17) is 0 Å². The van der Waals surface area contributed by atoms with E-state index in [9.17, 15) is 0 Å². The van der Waals surface area contributed by atoms with Gasteiger partial charge in [0.1, 0.15) is 0 Å². The molecule has 3 nitrogen and oxygen atoms in total. The zero-order chi connectivity index (χ0) is 12.4. The van der Waals surface area contributed by atoms with Gasteiger partial charge in [-0.3, -0.25) is 0 Å². The van der Waals surface area contributed by atoms with E-state index in [-0.39, 0.29) is 0 Å². The minimum atomic E-state index is 0.404. The number of nitrogens with zero attached hydrogens (tertiary/aromatic N) is 2. The van der Waals surface area contributed by atoms with E-state index >= 15 is 0 Å². The summed E-state index contributed by atoms with van der Waals surface area (Å²) in [5.74, 6) is 0.699. The summed E-state index contributed by atoms with van der Waals surface area (Å²) in [6.45, 7) is 7.87. The van der Waals surface area contributed by atoms with Crippen LogP contribution in [-0.4, -0.2) is 24.6 Å². The average Bonchev–Trinajstić information content (AvgIpc) is 3.02. The Morgan fingerprint density at radius 2 is 2.18 bits per heavy atom. The van der Waals surface area contributed by atoms with Crippen molar-refractivity contribution in [1.29, 1.82) is 0 Å². The van der Waals surface area contributed by atoms with Crippen LogP contribution in [0.4, 0.5) is 5.13 Å². The monoisotopic (exact) mass is 253 g/mol. The molecule has 2 rings (SSSR count). The molecule has 4 heteroatoms. The first-order chi connectivity index (χ1) is 8.11. The van der Waals surface area contributed by atoms with E-state index in [0.29, 0.717) is 12.0 Å². The van der Waals surface area contributed by atoms with Crippen molar-refractivity contribution in [3.8, 4) is 0 Å². The van der Waals surface area contributed by atoms with Gasteiger partial charge in [-0.15, -0.1) is 11.3 Å². The second-order valence-electron chi connectivity index (χ2n) is 5.33. The predicted molar refractivity (Wildman–Crippen MR) is 74.8 cm³/mol. The molecular formula is C13H23N3S. The number of hydrogen-bond donors (Lipinski definition) is 1. The Hall–Kier alpha value is -0.610. The Labute approximate surface area is 108 Å². The molecule has 1 N–H and O–H groups in total. The Morgan fingerprint density at radius 1 is 1.47 bits per heavy atom. The van der Waals surface area contributed by atoms with E-state index in [1.165, 1.54) is 22.9 Å². The van der Waals surface area contributed by atoms with Crippen molar-refractivity contribution in [2.24, 2.45) is 5.92 Å². The maximum atomic E-state index is 4.60. The van der Waals surface area contributed by atoms with Crippen molar-refractivity contribution in [3.63, 3.8) is 0 Å². The van der Waals surface area contributed by atoms with Crippen molar-refractivity contribution in [3.05, 3.63) is 11.1 Å². The van der Waals surface area contributed by atoms with Gasteiger partial charge in [-0.2, -0.15) is 0 Å². The van der Waals surface area contributed by atoms with Gasteiger partial charge in [-0.05, 0) is 32.7 Å². The molecule has 0 aliphatic heterocycles. The van der Waals surface area contributed by atoms with E-state index < -0.39 is 0 Å². The molecule has 1 fully saturated rings. The van der Waals surface area contributed by atoms with Crippen molar-refractivity contribution in [2.45, 2.75) is 45.7 Å². The van der Waals surface area contributed by atoms with Crippen LogP contribution in [0.5, 0.6) is 0 Å². The lowest BCUT2D eigenvalue weighted by molar-refractivity contribution is 0.606. The minimum absolute atomic E-state index is 0.404. The predicted octanol–water partition coefficient (Wildman–Crippen LogP) is 3.05. The maximum Gasteiger partial charge on any atom is 0.185 e. The van der Waals surface area contributed by atoms with Gasteiger partial charge in [0.25, 0.3) is 0 Å². The van der Waals surface area contributed by atoms with Crippen LogP contribution in [0.3, 0.4) is 0 Å². The van der Waals surface area contributed by atoms with Gasteiger partial charge < -0.3 is 10.2 Å². The Bertz CT molecular complexity index is 357. The van der Waals surface area contributed by atoms with Crippen LogP contribution in [0.2, 0.25) is 0 Å². The summed E-state index contributed by atoms with van der Waals surface area (Å²) >= 11 is 1.84. The van der Waals surface area contributed by atoms with E-state index in [1.807, 2.05) is 24.6 Å². The Kier molecular flexibility index (Phi) is 4.05. The first-order valence-electron chi connectivity index (χ1n) is 6.51. The highest BCUT2D eigenvalue weighted by Gasteiger charge is 2.31. The standard InChI is InChI=1S/C13H23N3S/c1-9(2)8-16(11-5-6-11)13-15-7-12(17-13)10(3)14-4/h7,9-11,14H,5-6,8H2,1-4H3. The van der Waals surface area contributed by atoms with Crippen LogP contribution in [0.15, 0.2) is 6.20 Å². The van der Waals surface area contributed by atoms with Crippen LogP contribution >= 0.6 is 11.3 Å². The van der Waals surface area contributed by atoms with Gasteiger partial charge in [0.15, 0.2) is 5.13 Å². The summed E-state index contributed by atoms with van der Waals surface area (Å²) in [5.41, 5.74) is 0. The summed E-state index contributed by atoms with van der Waals surface area (Å²) in [6.07, 6.45) is 4.70. The highest BCUT2D eigenvalue weighted by Crippen LogP contribution is 2.35. The van der Waals surface area contributed by atoms with Gasteiger partial charge in [0.2, 0.25) is 0 Å². The molecule has 1 aliphatic carbocycles. The van der Waals surface area contributed by atoms with Gasteiger partial charge in [0.05, 0.1) is 0 Å². The Balaban J connectivity index is 2.10. The fourth-order valence-electron chi connectivity index (χ4n) is 1.92. The molecule has 1 aromatic heterocycles. The van der Waals surface area contributed by atoms with Crippen molar-refractivity contribution in [2.75, 3.05) is 18.5 Å². The molecule has 1 unspecified atom stereocenters. The van der Waals surface area contributed by atoms with Gasteiger partial charge in [0, 0.05) is 29.7 Å². The molecular weight excluding hydrogens is 230 g/mol. The number of rotatable bonds is 6. The molecule has 1 saturated carbocycles. The topological polar surface area (TPSA) is 28.2 Å². The molecule has 1 aromatic rings. The maximum absolute atomic E-state index is 4.60. The SMILES string of the molecule is CNC(C)c1cnc(N(CC(C)C)C2CC2)s1. The van der Waals surface area contributed by atoms with Crippen molar-refractivity contribution in [1.82, 2.24) is 10.3 Å². The average molecular weight is 253 g/mol. The van der Waals surface area contributed by atoms with Crippen molar-refractivity contribution >= 4 is 16.5 Å². The van der Waals surface area contributed by atoms with Gasteiger partial charge in [-0.25, -0.2) is 4.98 Å². The fourth-order valence-corrected chi connectivity index (χ4v) is 2.97. The summed E-state index contributed by atoms with van der Waals surface area (Å²) in [6, 6.07) is 1.16. The van der Waals surface area contributed by atoms with E-state index in [2.05, 4.69) is 36.0 Å². The number of hydrogen-bond acceptors (Lipinski definition) is 4. The third-order valence-corrected chi connectivity index (χ3v) is 4.38. The van der Waals surface area contributed by atoms with Crippen molar-refractivity contribution < 1.29 is 0 Å². The molecule has 1 atom stereocenters. The zero-order valence-corrected chi connectivity index (χ0v) is 12.0. The summed E-state index contributed by atoms with van der Waals surface area (Å²) < 4.78 is 0. The highest BCUT2D eigenvalue weighted by atomic mass is 32.1. The summed E-state index contributed by atoms with van der Waals surface area (Å²) in [4.78, 5) is 8.44. The number of thiazole rings is 1. The zero-order valence-electron chi connectivity index (χ0n) is 11.2. The third kappa shape index (κ3) is 3.19. The molecule has 0 saturated heterocycles. The lowest BCUT2D eigenvalue weighted by atomic mass is 10.2. The van der Waals surface area contributed by atoms with E-state index in [0.717, 1.165) is 12.6 Å². The molecule has 0 amide bonds. The molecule has 1 heterocycles. The quantitative estimate of drug-likeness (QED) is 0.844. The smallest absolute Gasteiger partial charge is 0.185 e. The lowest BCUT2D eigenvalue weighted by Crippen LogP contribution is -2.29. The largest absolute Gasteiger partial charge is 0.345 e. The van der Waals surface area contributed by atoms with Gasteiger partial charge >= 0.3 is 0 Å². The van der Waals surface area contributed by atoms with Crippen LogP contribution in [-0.2, 0) is 0 Å². The van der Waals surface area contributed by atoms with Gasteiger partial charge in [-0.1, -0.05) is 13.8 Å². The highest BCUT2D eigenvalue weighted by molar-refractivity contribution is 7.15. The lowest BCUT2D eigenvalue weighted by Gasteiger charge is -2.23. The van der Waals surface area contributed by atoms with Crippen LogP contribution in [0.25, 0.3) is 0 Å². The number of nitrogens with one attached hydrogen (secondary N) is 1. The first-order valence-corrected chi connectivity index (χ1v) is 7.33. The number of anilines is 1. The van der Waals surface area contributed by atoms with Crippen LogP contribution in [0.1, 0.15) is 44.5 Å². The summed E-state index contributed by atoms with van der Waals surface area (Å²) in [7, 11) is 2.00. The summed E-state index contributed by atoms with van der Waals surface area (Å²) in [5, 5.41) is 4.48. The molecule has 0 spiro atoms. The van der Waals surface area contributed by atoms with Crippen LogP contribution in [0, 0.1) is 5.92 Å². The minimum Gasteiger partial charge on any atom is -0.345 e. The first kappa shape index (κ1) is 12.8. The van der Waals surface area contributed by atoms with Crippen LogP contribution < -0.4 is 10.2 Å². The molecule has 96 valence electrons. The third-order valence-electron chi connectivity index (χ3n) is 3.17. The Morgan fingerprint density at radius 3 is 2.71 bits per heavy atom. The second kappa shape index (κ2) is 5.36. The molecule has 0 radical (unpaired) electrons. The molecule has 1 aliphatic rings. The number of aromatic nitrogens is 1.